The molecule has 0 saturated heterocycles. The molecule has 2 nitrogen and oxygen atoms in total. The molecule has 0 bridgehead atoms. The van der Waals surface area contributed by atoms with E-state index in [0.29, 0.717) is 19.1 Å². The van der Waals surface area contributed by atoms with Crippen LogP contribution in [0.25, 0.3) is 11.0 Å². The van der Waals surface area contributed by atoms with E-state index in [1.807, 2.05) is 18.2 Å². The highest BCUT2D eigenvalue weighted by atomic mass is 16.3. The molecule has 108 valence electrons. The molecule has 1 atom stereocenters. The van der Waals surface area contributed by atoms with Crippen LogP contribution < -0.4 is 0 Å². The average Bonchev–Trinajstić information content (AvgIpc) is 2.89. The van der Waals surface area contributed by atoms with Crippen LogP contribution >= 0.6 is 0 Å². The van der Waals surface area contributed by atoms with E-state index in [-0.39, 0.29) is 0 Å². The molecule has 0 radical (unpaired) electrons. The number of hydrogen-bond donors (Lipinski definition) is 0. The fourth-order valence-electron chi connectivity index (χ4n) is 2.67. The van der Waals surface area contributed by atoms with Crippen molar-refractivity contribution in [2.45, 2.75) is 32.2 Å². The van der Waals surface area contributed by atoms with Gasteiger partial charge in [-0.15, -0.1) is 12.8 Å². The standard InChI is InChI=1S/C19H21NO/c1-4-9-17(20(12-5-2)13-6-3)15-18-14-16-10-7-8-11-19(16)21-18/h2-3,7-8,10-11,14,17H,4,9,12-13,15H2,1H3/t17-/m0/s1. The van der Waals surface area contributed by atoms with E-state index < -0.39 is 0 Å². The van der Waals surface area contributed by atoms with Gasteiger partial charge in [-0.1, -0.05) is 43.4 Å². The summed E-state index contributed by atoms with van der Waals surface area (Å²) in [5.41, 5.74) is 0.934. The summed E-state index contributed by atoms with van der Waals surface area (Å²) in [4.78, 5) is 2.18. The molecule has 2 rings (SSSR count). The molecule has 2 heteroatoms. The maximum Gasteiger partial charge on any atom is 0.134 e. The summed E-state index contributed by atoms with van der Waals surface area (Å²) in [6.45, 7) is 3.33. The minimum Gasteiger partial charge on any atom is -0.461 e. The van der Waals surface area contributed by atoms with Crippen LogP contribution in [0.2, 0.25) is 0 Å². The van der Waals surface area contributed by atoms with E-state index in [1.54, 1.807) is 0 Å². The first-order valence-corrected chi connectivity index (χ1v) is 7.37. The molecule has 0 unspecified atom stereocenters. The number of hydrogen-bond acceptors (Lipinski definition) is 2. The predicted octanol–water partition coefficient (Wildman–Crippen LogP) is 3.71. The van der Waals surface area contributed by atoms with Crippen molar-refractivity contribution in [3.8, 4) is 24.7 Å². The molecule has 0 aliphatic heterocycles. The van der Waals surface area contributed by atoms with Crippen molar-refractivity contribution >= 4 is 11.0 Å². The zero-order valence-electron chi connectivity index (χ0n) is 12.5. The van der Waals surface area contributed by atoms with Crippen LogP contribution in [0, 0.1) is 24.7 Å². The highest BCUT2D eigenvalue weighted by molar-refractivity contribution is 5.77. The van der Waals surface area contributed by atoms with Crippen LogP contribution in [0.5, 0.6) is 0 Å². The van der Waals surface area contributed by atoms with Gasteiger partial charge in [0.2, 0.25) is 0 Å². The Morgan fingerprint density at radius 1 is 1.19 bits per heavy atom. The summed E-state index contributed by atoms with van der Waals surface area (Å²) in [5.74, 6) is 6.40. The number of furan rings is 1. The van der Waals surface area contributed by atoms with E-state index in [4.69, 9.17) is 17.3 Å². The summed E-state index contributed by atoms with van der Waals surface area (Å²) >= 11 is 0. The zero-order chi connectivity index (χ0) is 15.1. The Kier molecular flexibility index (Phi) is 5.50. The van der Waals surface area contributed by atoms with Gasteiger partial charge in [-0.2, -0.15) is 0 Å². The van der Waals surface area contributed by atoms with E-state index >= 15 is 0 Å². The third-order valence-electron chi connectivity index (χ3n) is 3.64. The van der Waals surface area contributed by atoms with Crippen LogP contribution in [0.4, 0.5) is 0 Å². The minimum absolute atomic E-state index is 0.322. The summed E-state index contributed by atoms with van der Waals surface area (Å²) in [7, 11) is 0. The van der Waals surface area contributed by atoms with Gasteiger partial charge in [0.25, 0.3) is 0 Å². The number of benzene rings is 1. The second-order valence-electron chi connectivity index (χ2n) is 5.21. The molecular formula is C19H21NO. The van der Waals surface area contributed by atoms with Crippen molar-refractivity contribution in [3.05, 3.63) is 36.1 Å². The SMILES string of the molecule is C#CCN(CC#C)[C@@H](CCC)Cc1cc2ccccc2o1. The van der Waals surface area contributed by atoms with Gasteiger partial charge in [0, 0.05) is 17.8 Å². The number of nitrogens with zero attached hydrogens (tertiary/aromatic N) is 1. The van der Waals surface area contributed by atoms with Crippen molar-refractivity contribution in [3.63, 3.8) is 0 Å². The molecular weight excluding hydrogens is 258 g/mol. The van der Waals surface area contributed by atoms with Gasteiger partial charge in [0.15, 0.2) is 0 Å². The van der Waals surface area contributed by atoms with Gasteiger partial charge in [0.05, 0.1) is 13.1 Å². The molecule has 1 aromatic heterocycles. The molecule has 0 saturated carbocycles. The first kappa shape index (κ1) is 15.2. The molecule has 0 spiro atoms. The molecule has 1 heterocycles. The van der Waals surface area contributed by atoms with E-state index in [0.717, 1.165) is 36.0 Å². The lowest BCUT2D eigenvalue weighted by Crippen LogP contribution is -2.37. The van der Waals surface area contributed by atoms with Gasteiger partial charge in [0.1, 0.15) is 11.3 Å². The van der Waals surface area contributed by atoms with Crippen molar-refractivity contribution in [2.24, 2.45) is 0 Å². The average molecular weight is 279 g/mol. The quantitative estimate of drug-likeness (QED) is 0.718. The first-order valence-electron chi connectivity index (χ1n) is 7.37. The minimum atomic E-state index is 0.322. The third-order valence-corrected chi connectivity index (χ3v) is 3.64. The van der Waals surface area contributed by atoms with Crippen LogP contribution in [-0.2, 0) is 6.42 Å². The summed E-state index contributed by atoms with van der Waals surface area (Å²) in [5, 5.41) is 1.14. The first-order chi connectivity index (χ1) is 10.3. The normalized spacial score (nSPS) is 12.2. The lowest BCUT2D eigenvalue weighted by Gasteiger charge is -2.27. The molecule has 0 aliphatic carbocycles. The lowest BCUT2D eigenvalue weighted by molar-refractivity contribution is 0.224. The second kappa shape index (κ2) is 7.58. The van der Waals surface area contributed by atoms with Crippen molar-refractivity contribution in [1.29, 1.82) is 0 Å². The largest absolute Gasteiger partial charge is 0.461 e. The Balaban J connectivity index is 2.18. The van der Waals surface area contributed by atoms with Gasteiger partial charge < -0.3 is 4.42 Å². The van der Waals surface area contributed by atoms with Crippen LogP contribution in [-0.4, -0.2) is 24.0 Å². The summed E-state index contributed by atoms with van der Waals surface area (Å²) in [6.07, 6.45) is 13.9. The van der Waals surface area contributed by atoms with Gasteiger partial charge in [-0.3, -0.25) is 4.90 Å². The summed E-state index contributed by atoms with van der Waals surface area (Å²) in [6, 6.07) is 10.5. The monoisotopic (exact) mass is 279 g/mol. The zero-order valence-corrected chi connectivity index (χ0v) is 12.5. The Morgan fingerprint density at radius 2 is 1.90 bits per heavy atom. The maximum atomic E-state index is 5.92. The number of para-hydroxylation sites is 1. The Bertz CT molecular complexity index is 607. The number of rotatable bonds is 7. The second-order valence-corrected chi connectivity index (χ2v) is 5.21. The number of terminal acetylenes is 2. The molecule has 2 aromatic rings. The van der Waals surface area contributed by atoms with Gasteiger partial charge in [-0.05, 0) is 18.6 Å². The van der Waals surface area contributed by atoms with Crippen molar-refractivity contribution in [2.75, 3.05) is 13.1 Å². The fourth-order valence-corrected chi connectivity index (χ4v) is 2.67. The molecule has 0 fully saturated rings. The van der Waals surface area contributed by atoms with Crippen LogP contribution in [0.3, 0.4) is 0 Å². The van der Waals surface area contributed by atoms with E-state index in [1.165, 1.54) is 0 Å². The van der Waals surface area contributed by atoms with Crippen molar-refractivity contribution < 1.29 is 4.42 Å². The molecule has 0 amide bonds. The summed E-state index contributed by atoms with van der Waals surface area (Å²) < 4.78 is 5.92. The van der Waals surface area contributed by atoms with Crippen LogP contribution in [0.1, 0.15) is 25.5 Å². The Morgan fingerprint density at radius 3 is 2.52 bits per heavy atom. The fraction of sp³-hybridized carbons (Fsp3) is 0.368. The van der Waals surface area contributed by atoms with Gasteiger partial charge in [-0.25, -0.2) is 0 Å². The highest BCUT2D eigenvalue weighted by Crippen LogP contribution is 2.22. The van der Waals surface area contributed by atoms with Crippen molar-refractivity contribution in [1.82, 2.24) is 4.90 Å². The highest BCUT2D eigenvalue weighted by Gasteiger charge is 2.18. The third kappa shape index (κ3) is 3.91. The van der Waals surface area contributed by atoms with Gasteiger partial charge >= 0.3 is 0 Å². The smallest absolute Gasteiger partial charge is 0.134 e. The maximum absolute atomic E-state index is 5.92. The topological polar surface area (TPSA) is 16.4 Å². The van der Waals surface area contributed by atoms with Crippen LogP contribution in [0.15, 0.2) is 34.7 Å². The predicted molar refractivity (Wildman–Crippen MR) is 87.9 cm³/mol. The lowest BCUT2D eigenvalue weighted by atomic mass is 10.0. The van der Waals surface area contributed by atoms with E-state index in [9.17, 15) is 0 Å². The number of fused-ring (bicyclic) bond motifs is 1. The molecule has 1 aromatic carbocycles. The molecule has 0 aliphatic rings. The Hall–Kier alpha value is -2.16. The molecule has 21 heavy (non-hydrogen) atoms. The van der Waals surface area contributed by atoms with E-state index in [2.05, 4.69) is 35.8 Å². The molecule has 0 N–H and O–H groups in total. The Labute approximate surface area is 127 Å².